The molecule has 0 spiro atoms. The van der Waals surface area contributed by atoms with Crippen LogP contribution in [0, 0.1) is 0 Å². The van der Waals surface area contributed by atoms with Crippen LogP contribution in [-0.2, 0) is 12.8 Å². The molecule has 2 aliphatic heterocycles. The van der Waals surface area contributed by atoms with Gasteiger partial charge < -0.3 is 4.90 Å². The summed E-state index contributed by atoms with van der Waals surface area (Å²) in [5.41, 5.74) is 3.34. The summed E-state index contributed by atoms with van der Waals surface area (Å²) < 4.78 is 0. The molecule has 3 heterocycles. The number of fused-ring (bicyclic) bond motifs is 2. The van der Waals surface area contributed by atoms with E-state index in [0.29, 0.717) is 0 Å². The average Bonchev–Trinajstić information content (AvgIpc) is 2.89. The Morgan fingerprint density at radius 3 is 2.56 bits per heavy atom. The molecule has 1 saturated heterocycles. The summed E-state index contributed by atoms with van der Waals surface area (Å²) in [5.74, 6) is 0.792. The van der Waals surface area contributed by atoms with Gasteiger partial charge in [-0.05, 0) is 49.1 Å². The summed E-state index contributed by atoms with van der Waals surface area (Å²) in [4.78, 5) is 24.4. The van der Waals surface area contributed by atoms with E-state index in [1.165, 1.54) is 18.4 Å². The summed E-state index contributed by atoms with van der Waals surface area (Å²) in [6, 6.07) is 12.4. The zero-order chi connectivity index (χ0) is 18.6. The van der Waals surface area contributed by atoms with E-state index >= 15 is 0 Å². The van der Waals surface area contributed by atoms with Crippen LogP contribution in [0.3, 0.4) is 0 Å². The number of benzene rings is 1. The van der Waals surface area contributed by atoms with Gasteiger partial charge in [-0.3, -0.25) is 4.90 Å². The highest BCUT2D eigenvalue weighted by atomic mass is 16.2. The topological polar surface area (TPSA) is 39.7 Å². The number of para-hydroxylation sites is 1. The third-order valence-electron chi connectivity index (χ3n) is 5.64. The molecule has 2 aromatic rings. The number of aromatic nitrogens is 1. The van der Waals surface area contributed by atoms with E-state index in [9.17, 15) is 4.79 Å². The monoisotopic (exact) mass is 364 g/mol. The summed E-state index contributed by atoms with van der Waals surface area (Å²) >= 11 is 0. The first kappa shape index (κ1) is 18.0. The molecule has 5 heteroatoms. The molecule has 0 N–H and O–H groups in total. The van der Waals surface area contributed by atoms with E-state index in [4.69, 9.17) is 0 Å². The van der Waals surface area contributed by atoms with Crippen molar-refractivity contribution < 1.29 is 4.79 Å². The van der Waals surface area contributed by atoms with Crippen molar-refractivity contribution in [1.82, 2.24) is 14.8 Å². The lowest BCUT2D eigenvalue weighted by molar-refractivity contribution is 0.143. The third-order valence-corrected chi connectivity index (χ3v) is 5.64. The number of carbonyl (C=O) groups is 1. The van der Waals surface area contributed by atoms with Gasteiger partial charge in [-0.1, -0.05) is 37.6 Å². The molecule has 27 heavy (non-hydrogen) atoms. The van der Waals surface area contributed by atoms with Crippen molar-refractivity contribution in [3.05, 3.63) is 53.7 Å². The van der Waals surface area contributed by atoms with Crippen LogP contribution < -0.4 is 4.90 Å². The standard InChI is InChI=1S/C22H28N4O/c1-2-3-13-24-14-16-25(17-15-24)22(27)26-20-9-5-4-7-18(20)10-11-19-8-6-12-23-21(19)26/h4-9,12H,2-3,10-11,13-17H2,1H3. The van der Waals surface area contributed by atoms with Gasteiger partial charge in [0.2, 0.25) is 0 Å². The third kappa shape index (κ3) is 3.69. The van der Waals surface area contributed by atoms with Crippen molar-refractivity contribution >= 4 is 17.5 Å². The highest BCUT2D eigenvalue weighted by molar-refractivity contribution is 6.00. The number of piperazine rings is 1. The van der Waals surface area contributed by atoms with E-state index in [2.05, 4.69) is 41.1 Å². The number of carbonyl (C=O) groups excluding carboxylic acids is 1. The second-order valence-corrected chi connectivity index (χ2v) is 7.42. The van der Waals surface area contributed by atoms with Crippen molar-refractivity contribution in [2.75, 3.05) is 37.6 Å². The number of amides is 2. The zero-order valence-corrected chi connectivity index (χ0v) is 16.1. The first-order valence-electron chi connectivity index (χ1n) is 10.1. The van der Waals surface area contributed by atoms with Gasteiger partial charge in [0, 0.05) is 32.4 Å². The van der Waals surface area contributed by atoms with Crippen LogP contribution in [0.25, 0.3) is 0 Å². The molecule has 5 nitrogen and oxygen atoms in total. The number of nitrogens with zero attached hydrogens (tertiary/aromatic N) is 4. The molecule has 2 amide bonds. The van der Waals surface area contributed by atoms with Gasteiger partial charge in [0.15, 0.2) is 0 Å². The van der Waals surface area contributed by atoms with Crippen LogP contribution in [0.4, 0.5) is 16.3 Å². The maximum absolute atomic E-state index is 13.5. The van der Waals surface area contributed by atoms with Gasteiger partial charge >= 0.3 is 6.03 Å². The number of hydrogen-bond acceptors (Lipinski definition) is 3. The fourth-order valence-electron chi connectivity index (χ4n) is 4.03. The molecule has 0 unspecified atom stereocenters. The zero-order valence-electron chi connectivity index (χ0n) is 16.1. The van der Waals surface area contributed by atoms with Gasteiger partial charge in [-0.25, -0.2) is 14.7 Å². The van der Waals surface area contributed by atoms with Crippen LogP contribution in [0.5, 0.6) is 0 Å². The van der Waals surface area contributed by atoms with Crippen molar-refractivity contribution in [2.45, 2.75) is 32.6 Å². The first-order valence-corrected chi connectivity index (χ1v) is 10.1. The van der Waals surface area contributed by atoms with Crippen LogP contribution >= 0.6 is 0 Å². The summed E-state index contributed by atoms with van der Waals surface area (Å²) in [6.07, 6.45) is 6.07. The molecule has 0 saturated carbocycles. The maximum Gasteiger partial charge on any atom is 0.330 e. The Balaban J connectivity index is 1.60. The Hall–Kier alpha value is -2.40. The number of pyridine rings is 1. The Kier molecular flexibility index (Phi) is 5.39. The molecular formula is C22H28N4O. The number of anilines is 2. The Morgan fingerprint density at radius 1 is 1.00 bits per heavy atom. The second-order valence-electron chi connectivity index (χ2n) is 7.42. The minimum atomic E-state index is 0.0550. The van der Waals surface area contributed by atoms with Crippen molar-refractivity contribution in [3.8, 4) is 0 Å². The lowest BCUT2D eigenvalue weighted by Gasteiger charge is -2.37. The summed E-state index contributed by atoms with van der Waals surface area (Å²) in [7, 11) is 0. The van der Waals surface area contributed by atoms with Gasteiger partial charge in [0.1, 0.15) is 5.82 Å². The Morgan fingerprint density at radius 2 is 1.74 bits per heavy atom. The highest BCUT2D eigenvalue weighted by Gasteiger charge is 2.31. The van der Waals surface area contributed by atoms with Crippen molar-refractivity contribution in [3.63, 3.8) is 0 Å². The van der Waals surface area contributed by atoms with Crippen molar-refractivity contribution in [2.24, 2.45) is 0 Å². The van der Waals surface area contributed by atoms with Gasteiger partial charge in [-0.2, -0.15) is 0 Å². The van der Waals surface area contributed by atoms with Crippen LogP contribution in [-0.4, -0.2) is 53.5 Å². The predicted molar refractivity (Wildman–Crippen MR) is 109 cm³/mol. The molecule has 142 valence electrons. The number of urea groups is 1. The van der Waals surface area contributed by atoms with Gasteiger partial charge in [0.05, 0.1) is 5.69 Å². The Labute approximate surface area is 161 Å². The van der Waals surface area contributed by atoms with Crippen molar-refractivity contribution in [1.29, 1.82) is 0 Å². The summed E-state index contributed by atoms with van der Waals surface area (Å²) in [6.45, 7) is 6.83. The minimum absolute atomic E-state index is 0.0550. The minimum Gasteiger partial charge on any atom is -0.321 e. The summed E-state index contributed by atoms with van der Waals surface area (Å²) in [5, 5.41) is 0. The fraction of sp³-hybridized carbons (Fsp3) is 0.455. The fourth-order valence-corrected chi connectivity index (χ4v) is 4.03. The number of rotatable bonds is 3. The van der Waals surface area contributed by atoms with E-state index < -0.39 is 0 Å². The SMILES string of the molecule is CCCCN1CCN(C(=O)N2c3ccccc3CCc3cccnc32)CC1. The molecule has 0 bridgehead atoms. The second kappa shape index (κ2) is 8.09. The molecular weight excluding hydrogens is 336 g/mol. The largest absolute Gasteiger partial charge is 0.330 e. The number of aryl methyl sites for hydroxylation is 2. The smallest absolute Gasteiger partial charge is 0.321 e. The van der Waals surface area contributed by atoms with E-state index in [1.807, 2.05) is 21.9 Å². The predicted octanol–water partition coefficient (Wildman–Crippen LogP) is 3.86. The molecule has 1 fully saturated rings. The molecule has 1 aromatic carbocycles. The van der Waals surface area contributed by atoms with Crippen LogP contribution in [0.1, 0.15) is 30.9 Å². The molecule has 4 rings (SSSR count). The van der Waals surface area contributed by atoms with E-state index in [0.717, 1.165) is 62.6 Å². The first-order chi connectivity index (χ1) is 13.3. The number of hydrogen-bond donors (Lipinski definition) is 0. The lowest BCUT2D eigenvalue weighted by atomic mass is 10.1. The lowest BCUT2D eigenvalue weighted by Crippen LogP contribution is -2.52. The van der Waals surface area contributed by atoms with E-state index in [1.54, 1.807) is 6.20 Å². The normalized spacial score (nSPS) is 17.2. The average molecular weight is 364 g/mol. The van der Waals surface area contributed by atoms with Crippen LogP contribution in [0.15, 0.2) is 42.6 Å². The van der Waals surface area contributed by atoms with Gasteiger partial charge in [0.25, 0.3) is 0 Å². The number of unbranched alkanes of at least 4 members (excludes halogenated alkanes) is 1. The quantitative estimate of drug-likeness (QED) is 0.830. The Bertz CT molecular complexity index is 751. The van der Waals surface area contributed by atoms with Gasteiger partial charge in [-0.15, -0.1) is 0 Å². The molecule has 1 aromatic heterocycles. The van der Waals surface area contributed by atoms with E-state index in [-0.39, 0.29) is 6.03 Å². The van der Waals surface area contributed by atoms with Crippen LogP contribution in [0.2, 0.25) is 0 Å². The molecule has 0 aliphatic carbocycles. The maximum atomic E-state index is 13.5. The highest BCUT2D eigenvalue weighted by Crippen LogP contribution is 2.35. The molecule has 0 atom stereocenters. The molecule has 0 radical (unpaired) electrons. The molecule has 2 aliphatic rings.